The Hall–Kier alpha value is -3.00. The van der Waals surface area contributed by atoms with Gasteiger partial charge in [0.05, 0.1) is 18.2 Å². The normalized spacial score (nSPS) is 9.91. The molecule has 0 bridgehead atoms. The summed E-state index contributed by atoms with van der Waals surface area (Å²) in [4.78, 5) is 14.1. The van der Waals surface area contributed by atoms with Crippen molar-refractivity contribution in [1.29, 1.82) is 5.26 Å². The van der Waals surface area contributed by atoms with Gasteiger partial charge in [-0.1, -0.05) is 31.2 Å². The monoisotopic (exact) mass is 309 g/mol. The summed E-state index contributed by atoms with van der Waals surface area (Å²) in [6.45, 7) is 2.88. The van der Waals surface area contributed by atoms with E-state index in [1.54, 1.807) is 47.4 Å². The van der Waals surface area contributed by atoms with Crippen LogP contribution in [0.3, 0.4) is 0 Å². The molecule has 0 saturated heterocycles. The maximum absolute atomic E-state index is 12.5. The molecule has 0 unspecified atom stereocenters. The van der Waals surface area contributed by atoms with E-state index in [4.69, 9.17) is 5.26 Å². The number of benzene rings is 2. The first-order valence-corrected chi connectivity index (χ1v) is 7.47. The van der Waals surface area contributed by atoms with Crippen molar-refractivity contribution in [2.24, 2.45) is 0 Å². The SMILES string of the molecule is CCCN(Cc1ccccc1O)C(=O)Nc1cccc(C#N)c1. The summed E-state index contributed by atoms with van der Waals surface area (Å²) in [6.07, 6.45) is 0.805. The fraction of sp³-hybridized carbons (Fsp3) is 0.222. The molecule has 0 fully saturated rings. The number of nitrogens with one attached hydrogen (secondary N) is 1. The van der Waals surface area contributed by atoms with Gasteiger partial charge in [0.25, 0.3) is 0 Å². The molecule has 0 aromatic heterocycles. The number of nitriles is 1. The Morgan fingerprint density at radius 2 is 2.04 bits per heavy atom. The Morgan fingerprint density at radius 3 is 2.74 bits per heavy atom. The Morgan fingerprint density at radius 1 is 1.26 bits per heavy atom. The van der Waals surface area contributed by atoms with E-state index in [1.807, 2.05) is 19.1 Å². The Kier molecular flexibility index (Phi) is 5.59. The quantitative estimate of drug-likeness (QED) is 0.884. The molecule has 2 aromatic carbocycles. The molecule has 2 rings (SSSR count). The van der Waals surface area contributed by atoms with Gasteiger partial charge in [-0.05, 0) is 30.7 Å². The zero-order chi connectivity index (χ0) is 16.7. The van der Waals surface area contributed by atoms with Crippen molar-refractivity contribution in [1.82, 2.24) is 4.90 Å². The van der Waals surface area contributed by atoms with Gasteiger partial charge in [0.15, 0.2) is 0 Å². The van der Waals surface area contributed by atoms with Crippen LogP contribution in [-0.4, -0.2) is 22.6 Å². The number of urea groups is 1. The van der Waals surface area contributed by atoms with Gasteiger partial charge in [-0.3, -0.25) is 0 Å². The van der Waals surface area contributed by atoms with E-state index in [0.717, 1.165) is 6.42 Å². The van der Waals surface area contributed by atoms with Gasteiger partial charge in [0.2, 0.25) is 0 Å². The number of rotatable bonds is 5. The van der Waals surface area contributed by atoms with Crippen LogP contribution in [-0.2, 0) is 6.54 Å². The molecule has 5 heteroatoms. The molecule has 0 atom stereocenters. The number of amides is 2. The number of aromatic hydroxyl groups is 1. The Balaban J connectivity index is 2.12. The van der Waals surface area contributed by atoms with Crippen molar-refractivity contribution in [3.63, 3.8) is 0 Å². The van der Waals surface area contributed by atoms with Gasteiger partial charge in [-0.15, -0.1) is 0 Å². The molecule has 23 heavy (non-hydrogen) atoms. The van der Waals surface area contributed by atoms with E-state index >= 15 is 0 Å². The predicted octanol–water partition coefficient (Wildman–Crippen LogP) is 3.71. The van der Waals surface area contributed by atoms with Crippen LogP contribution in [0.2, 0.25) is 0 Å². The summed E-state index contributed by atoms with van der Waals surface area (Å²) in [5, 5.41) is 21.6. The lowest BCUT2D eigenvalue weighted by atomic mass is 10.2. The lowest BCUT2D eigenvalue weighted by molar-refractivity contribution is 0.208. The van der Waals surface area contributed by atoms with Crippen LogP contribution in [0.25, 0.3) is 0 Å². The molecule has 0 aliphatic carbocycles. The van der Waals surface area contributed by atoms with Crippen molar-refractivity contribution in [3.8, 4) is 11.8 Å². The molecular formula is C18H19N3O2. The summed E-state index contributed by atoms with van der Waals surface area (Å²) in [7, 11) is 0. The van der Waals surface area contributed by atoms with Crippen LogP contribution >= 0.6 is 0 Å². The van der Waals surface area contributed by atoms with Crippen LogP contribution in [0, 0.1) is 11.3 Å². The number of para-hydroxylation sites is 1. The molecule has 0 radical (unpaired) electrons. The van der Waals surface area contributed by atoms with E-state index in [-0.39, 0.29) is 11.8 Å². The largest absolute Gasteiger partial charge is 0.508 e. The molecule has 2 amide bonds. The second-order valence-corrected chi connectivity index (χ2v) is 5.17. The van der Waals surface area contributed by atoms with Crippen molar-refractivity contribution in [2.45, 2.75) is 19.9 Å². The predicted molar refractivity (Wildman–Crippen MR) is 89.0 cm³/mol. The van der Waals surface area contributed by atoms with Crippen molar-refractivity contribution < 1.29 is 9.90 Å². The molecule has 2 N–H and O–H groups in total. The molecule has 2 aromatic rings. The number of hydrogen-bond donors (Lipinski definition) is 2. The van der Waals surface area contributed by atoms with Gasteiger partial charge in [-0.2, -0.15) is 5.26 Å². The van der Waals surface area contributed by atoms with E-state index < -0.39 is 0 Å². The molecule has 0 spiro atoms. The highest BCUT2D eigenvalue weighted by Crippen LogP contribution is 2.19. The van der Waals surface area contributed by atoms with Gasteiger partial charge in [0, 0.05) is 17.8 Å². The summed E-state index contributed by atoms with van der Waals surface area (Å²) in [6, 6.07) is 15.5. The van der Waals surface area contributed by atoms with E-state index in [2.05, 4.69) is 5.32 Å². The fourth-order valence-corrected chi connectivity index (χ4v) is 2.24. The van der Waals surface area contributed by atoms with Crippen LogP contribution in [0.15, 0.2) is 48.5 Å². The summed E-state index contributed by atoms with van der Waals surface area (Å²) in [5.74, 6) is 0.174. The zero-order valence-corrected chi connectivity index (χ0v) is 13.0. The zero-order valence-electron chi connectivity index (χ0n) is 13.0. The lowest BCUT2D eigenvalue weighted by Gasteiger charge is -2.23. The molecule has 0 aliphatic heterocycles. The van der Waals surface area contributed by atoms with Gasteiger partial charge < -0.3 is 15.3 Å². The number of anilines is 1. The Labute approximate surface area is 135 Å². The minimum Gasteiger partial charge on any atom is -0.508 e. The highest BCUT2D eigenvalue weighted by Gasteiger charge is 2.15. The number of phenolic OH excluding ortho intramolecular Hbond substituents is 1. The fourth-order valence-electron chi connectivity index (χ4n) is 2.24. The van der Waals surface area contributed by atoms with Crippen LogP contribution in [0.5, 0.6) is 5.75 Å². The molecule has 5 nitrogen and oxygen atoms in total. The van der Waals surface area contributed by atoms with Crippen LogP contribution in [0.1, 0.15) is 24.5 Å². The third kappa shape index (κ3) is 4.48. The maximum atomic E-state index is 12.5. The van der Waals surface area contributed by atoms with Crippen molar-refractivity contribution >= 4 is 11.7 Å². The molecule has 0 aliphatic rings. The molecule has 118 valence electrons. The highest BCUT2D eigenvalue weighted by molar-refractivity contribution is 5.89. The molecule has 0 heterocycles. The third-order valence-electron chi connectivity index (χ3n) is 3.38. The van der Waals surface area contributed by atoms with E-state index in [9.17, 15) is 9.90 Å². The van der Waals surface area contributed by atoms with Gasteiger partial charge in [-0.25, -0.2) is 4.79 Å². The summed E-state index contributed by atoms with van der Waals surface area (Å²) >= 11 is 0. The third-order valence-corrected chi connectivity index (χ3v) is 3.38. The highest BCUT2D eigenvalue weighted by atomic mass is 16.3. The lowest BCUT2D eigenvalue weighted by Crippen LogP contribution is -2.35. The van der Waals surface area contributed by atoms with E-state index in [1.165, 1.54) is 0 Å². The first-order chi connectivity index (χ1) is 11.1. The van der Waals surface area contributed by atoms with Crippen molar-refractivity contribution in [3.05, 3.63) is 59.7 Å². The first-order valence-electron chi connectivity index (χ1n) is 7.47. The maximum Gasteiger partial charge on any atom is 0.322 e. The van der Waals surface area contributed by atoms with Crippen molar-refractivity contribution in [2.75, 3.05) is 11.9 Å². The second kappa shape index (κ2) is 7.85. The number of nitrogens with zero attached hydrogens (tertiary/aromatic N) is 2. The average molecular weight is 309 g/mol. The Bertz CT molecular complexity index is 722. The number of carbonyl (C=O) groups is 1. The van der Waals surface area contributed by atoms with Gasteiger partial charge in [0.1, 0.15) is 5.75 Å². The molecular weight excluding hydrogens is 290 g/mol. The number of phenols is 1. The van der Waals surface area contributed by atoms with Crippen LogP contribution in [0.4, 0.5) is 10.5 Å². The summed E-state index contributed by atoms with van der Waals surface area (Å²) < 4.78 is 0. The molecule has 0 saturated carbocycles. The van der Waals surface area contributed by atoms with E-state index in [0.29, 0.717) is 29.9 Å². The smallest absolute Gasteiger partial charge is 0.322 e. The average Bonchev–Trinajstić information content (AvgIpc) is 2.56. The second-order valence-electron chi connectivity index (χ2n) is 5.17. The number of hydrogen-bond acceptors (Lipinski definition) is 3. The first kappa shape index (κ1) is 16.4. The number of carbonyl (C=O) groups excluding carboxylic acids is 1. The standard InChI is InChI=1S/C18H19N3O2/c1-2-10-21(13-15-7-3-4-9-17(15)22)18(23)20-16-8-5-6-14(11-16)12-19/h3-9,11,22H,2,10,13H2,1H3,(H,20,23). The summed E-state index contributed by atoms with van der Waals surface area (Å²) in [5.41, 5.74) is 1.76. The topological polar surface area (TPSA) is 76.4 Å². The minimum atomic E-state index is -0.259. The van der Waals surface area contributed by atoms with Gasteiger partial charge >= 0.3 is 6.03 Å². The minimum absolute atomic E-state index is 0.174. The van der Waals surface area contributed by atoms with Crippen LogP contribution < -0.4 is 5.32 Å².